The maximum Gasteiger partial charge on any atom is 0.311 e. The number of aromatic nitrogens is 4. The van der Waals surface area contributed by atoms with Gasteiger partial charge in [-0.2, -0.15) is 0 Å². The number of aliphatic carboxylic acids is 1. The number of carboxylic acids is 1. The Hall–Kier alpha value is -3.68. The Morgan fingerprint density at radius 1 is 1.07 bits per heavy atom. The maximum atomic E-state index is 10.9. The molecule has 27 heavy (non-hydrogen) atoms. The predicted molar refractivity (Wildman–Crippen MR) is 102 cm³/mol. The lowest BCUT2D eigenvalue weighted by Gasteiger charge is -2.00. The van der Waals surface area contributed by atoms with Crippen LogP contribution in [-0.2, 0) is 23.1 Å². The number of hydrogen-bond acceptors (Lipinski definition) is 4. The lowest BCUT2D eigenvalue weighted by Crippen LogP contribution is -2.10. The summed E-state index contributed by atoms with van der Waals surface area (Å²) in [4.78, 5) is 32.6. The summed E-state index contributed by atoms with van der Waals surface area (Å²) >= 11 is 0. The van der Waals surface area contributed by atoms with Gasteiger partial charge in [0, 0.05) is 14.0 Å². The highest BCUT2D eigenvalue weighted by Crippen LogP contribution is 2.17. The smallest absolute Gasteiger partial charge is 0.311 e. The Labute approximate surface area is 154 Å². The number of carbonyl (C=O) groups is 2. The third-order valence-corrected chi connectivity index (χ3v) is 3.83. The molecule has 0 spiro atoms. The molecule has 0 aliphatic rings. The number of rotatable bonds is 3. The molecule has 0 atom stereocenters. The van der Waals surface area contributed by atoms with Crippen molar-refractivity contribution in [3.05, 3.63) is 54.4 Å². The summed E-state index contributed by atoms with van der Waals surface area (Å²) in [6.07, 6.45) is -0.0608. The summed E-state index contributed by atoms with van der Waals surface area (Å²) in [5, 5.41) is 11.2. The molecule has 0 radical (unpaired) electrons. The van der Waals surface area contributed by atoms with Crippen LogP contribution in [0.3, 0.4) is 0 Å². The van der Waals surface area contributed by atoms with E-state index in [1.807, 2.05) is 60.1 Å². The molecule has 0 fully saturated rings. The number of amides is 1. The van der Waals surface area contributed by atoms with Crippen LogP contribution in [0.15, 0.2) is 48.5 Å². The minimum Gasteiger partial charge on any atom is -0.481 e. The Kier molecular flexibility index (Phi) is 5.16. The van der Waals surface area contributed by atoms with Gasteiger partial charge in [-0.1, -0.05) is 24.3 Å². The van der Waals surface area contributed by atoms with Gasteiger partial charge in [0.15, 0.2) is 0 Å². The van der Waals surface area contributed by atoms with Crippen LogP contribution in [0.1, 0.15) is 12.7 Å². The first-order valence-electron chi connectivity index (χ1n) is 8.28. The average molecular weight is 365 g/mol. The van der Waals surface area contributed by atoms with Gasteiger partial charge in [0.25, 0.3) is 0 Å². The topological polar surface area (TPSA) is 113 Å². The summed E-state index contributed by atoms with van der Waals surface area (Å²) in [7, 11) is 1.88. The summed E-state index contributed by atoms with van der Waals surface area (Å²) in [6, 6.07) is 15.2. The highest BCUT2D eigenvalue weighted by Gasteiger charge is 2.07. The molecule has 1 amide bonds. The molecule has 0 saturated heterocycles. The average Bonchev–Trinajstić information content (AvgIpc) is 3.15. The van der Waals surface area contributed by atoms with Gasteiger partial charge < -0.3 is 14.7 Å². The SMILES string of the molecule is CC(=O)Nc1nc2ccccc2n1C.O=C(O)Cc1nc2ccccc2[nH]1. The summed E-state index contributed by atoms with van der Waals surface area (Å²) in [6.45, 7) is 1.47. The van der Waals surface area contributed by atoms with Gasteiger partial charge in [-0.25, -0.2) is 9.97 Å². The van der Waals surface area contributed by atoms with Crippen molar-refractivity contribution in [2.24, 2.45) is 7.05 Å². The maximum absolute atomic E-state index is 10.9. The van der Waals surface area contributed by atoms with Gasteiger partial charge in [-0.15, -0.1) is 0 Å². The molecule has 2 aromatic heterocycles. The molecule has 3 N–H and O–H groups in total. The second kappa shape index (κ2) is 7.69. The highest BCUT2D eigenvalue weighted by molar-refractivity contribution is 5.89. The third kappa shape index (κ3) is 4.30. The third-order valence-electron chi connectivity index (χ3n) is 3.83. The van der Waals surface area contributed by atoms with E-state index in [0.717, 1.165) is 22.1 Å². The molecule has 4 rings (SSSR count). The van der Waals surface area contributed by atoms with Crippen molar-refractivity contribution in [1.29, 1.82) is 0 Å². The first-order valence-corrected chi connectivity index (χ1v) is 8.28. The van der Waals surface area contributed by atoms with Gasteiger partial charge in [-0.3, -0.25) is 14.9 Å². The standard InChI is InChI=1S/C10H11N3O.C9H8N2O2/c1-7(14)11-10-12-8-5-3-4-6-9(8)13(10)2;12-9(13)5-8-10-6-3-1-2-4-7(6)11-8/h3-6H,1-2H3,(H,11,12,14);1-4H,5H2,(H,10,11)(H,12,13). The number of hydrogen-bond donors (Lipinski definition) is 3. The molecule has 0 unspecified atom stereocenters. The van der Waals surface area contributed by atoms with Crippen molar-refractivity contribution in [2.45, 2.75) is 13.3 Å². The molecule has 0 aliphatic carbocycles. The number of carboxylic acid groups (broad SMARTS) is 1. The Morgan fingerprint density at radius 3 is 2.37 bits per heavy atom. The monoisotopic (exact) mass is 365 g/mol. The number of para-hydroxylation sites is 4. The second-order valence-electron chi connectivity index (χ2n) is 5.94. The largest absolute Gasteiger partial charge is 0.481 e. The van der Waals surface area contributed by atoms with E-state index in [0.29, 0.717) is 11.8 Å². The number of H-pyrrole nitrogens is 1. The van der Waals surface area contributed by atoms with Crippen LogP contribution in [0.5, 0.6) is 0 Å². The minimum absolute atomic E-state index is 0.0608. The zero-order chi connectivity index (χ0) is 19.4. The molecule has 2 aromatic carbocycles. The van der Waals surface area contributed by atoms with E-state index in [1.165, 1.54) is 6.92 Å². The number of nitrogens with one attached hydrogen (secondary N) is 2. The molecule has 8 nitrogen and oxygen atoms in total. The van der Waals surface area contributed by atoms with Crippen molar-refractivity contribution in [3.63, 3.8) is 0 Å². The number of nitrogens with zero attached hydrogens (tertiary/aromatic N) is 3. The van der Waals surface area contributed by atoms with Gasteiger partial charge in [-0.05, 0) is 24.3 Å². The summed E-state index contributed by atoms with van der Waals surface area (Å²) < 4.78 is 1.86. The van der Waals surface area contributed by atoms with Crippen LogP contribution in [0.25, 0.3) is 22.1 Å². The van der Waals surface area contributed by atoms with Crippen LogP contribution in [-0.4, -0.2) is 36.5 Å². The van der Waals surface area contributed by atoms with Crippen LogP contribution in [0.2, 0.25) is 0 Å². The Balaban J connectivity index is 0.000000156. The molecule has 0 bridgehead atoms. The zero-order valence-electron chi connectivity index (χ0n) is 14.9. The Bertz CT molecular complexity index is 1080. The molecular formula is C19H19N5O3. The molecule has 0 saturated carbocycles. The number of anilines is 1. The van der Waals surface area contributed by atoms with Gasteiger partial charge >= 0.3 is 5.97 Å². The number of aryl methyl sites for hydroxylation is 1. The van der Waals surface area contributed by atoms with Crippen LogP contribution in [0.4, 0.5) is 5.95 Å². The summed E-state index contributed by atoms with van der Waals surface area (Å²) in [5.74, 6) is 0.0925. The molecule has 0 aliphatic heterocycles. The number of benzene rings is 2. The van der Waals surface area contributed by atoms with Crippen LogP contribution in [0, 0.1) is 0 Å². The van der Waals surface area contributed by atoms with E-state index in [9.17, 15) is 9.59 Å². The fraction of sp³-hybridized carbons (Fsp3) is 0.158. The number of fused-ring (bicyclic) bond motifs is 2. The quantitative estimate of drug-likeness (QED) is 0.517. The van der Waals surface area contributed by atoms with Crippen molar-refractivity contribution in [3.8, 4) is 0 Å². The molecule has 138 valence electrons. The minimum atomic E-state index is -0.876. The van der Waals surface area contributed by atoms with E-state index in [1.54, 1.807) is 0 Å². The fourth-order valence-electron chi connectivity index (χ4n) is 2.65. The summed E-state index contributed by atoms with van der Waals surface area (Å²) in [5.41, 5.74) is 3.58. The molecule has 4 aromatic rings. The van der Waals surface area contributed by atoms with Crippen molar-refractivity contribution in [2.75, 3.05) is 5.32 Å². The van der Waals surface area contributed by atoms with Crippen molar-refractivity contribution in [1.82, 2.24) is 19.5 Å². The molecular weight excluding hydrogens is 346 g/mol. The van der Waals surface area contributed by atoms with E-state index < -0.39 is 5.97 Å². The van der Waals surface area contributed by atoms with E-state index >= 15 is 0 Å². The predicted octanol–water partition coefficient (Wildman–Crippen LogP) is 2.72. The fourth-order valence-corrected chi connectivity index (χ4v) is 2.65. The number of imidazole rings is 2. The zero-order valence-corrected chi connectivity index (χ0v) is 14.9. The lowest BCUT2D eigenvalue weighted by atomic mass is 10.3. The van der Waals surface area contributed by atoms with Crippen LogP contribution >= 0.6 is 0 Å². The number of aromatic amines is 1. The molecule has 2 heterocycles. The van der Waals surface area contributed by atoms with Crippen molar-refractivity contribution >= 4 is 39.9 Å². The van der Waals surface area contributed by atoms with Crippen LogP contribution < -0.4 is 5.32 Å². The van der Waals surface area contributed by atoms with E-state index in [2.05, 4.69) is 20.3 Å². The number of carbonyl (C=O) groups excluding carboxylic acids is 1. The Morgan fingerprint density at radius 2 is 1.74 bits per heavy atom. The normalized spacial score (nSPS) is 10.4. The van der Waals surface area contributed by atoms with E-state index in [-0.39, 0.29) is 12.3 Å². The molecule has 8 heteroatoms. The second-order valence-corrected chi connectivity index (χ2v) is 5.94. The first kappa shape index (κ1) is 18.1. The van der Waals surface area contributed by atoms with E-state index in [4.69, 9.17) is 5.11 Å². The highest BCUT2D eigenvalue weighted by atomic mass is 16.4. The van der Waals surface area contributed by atoms with Gasteiger partial charge in [0.05, 0.1) is 22.1 Å². The first-order chi connectivity index (χ1) is 12.9. The van der Waals surface area contributed by atoms with Gasteiger partial charge in [0.2, 0.25) is 11.9 Å². The van der Waals surface area contributed by atoms with Gasteiger partial charge in [0.1, 0.15) is 12.2 Å². The lowest BCUT2D eigenvalue weighted by molar-refractivity contribution is -0.136. The van der Waals surface area contributed by atoms with Crippen molar-refractivity contribution < 1.29 is 14.7 Å².